The van der Waals surface area contributed by atoms with Crippen molar-refractivity contribution in [2.24, 2.45) is 0 Å². The first-order valence-corrected chi connectivity index (χ1v) is 8.36. The largest absolute Gasteiger partial charge is 0.443 e. The van der Waals surface area contributed by atoms with Crippen LogP contribution < -0.4 is 4.90 Å². The molecule has 0 N–H and O–H groups in total. The van der Waals surface area contributed by atoms with E-state index in [4.69, 9.17) is 9.47 Å². The fourth-order valence-electron chi connectivity index (χ4n) is 2.90. The highest BCUT2D eigenvalue weighted by molar-refractivity contribution is 5.97. The fraction of sp³-hybridized carbons (Fsp3) is 0.500. The molecule has 25 heavy (non-hydrogen) atoms. The Labute approximate surface area is 147 Å². The summed E-state index contributed by atoms with van der Waals surface area (Å²) in [4.78, 5) is 22.4. The first-order chi connectivity index (χ1) is 11.8. The van der Waals surface area contributed by atoms with Crippen LogP contribution in [0.1, 0.15) is 39.8 Å². The van der Waals surface area contributed by atoms with E-state index in [0.29, 0.717) is 5.82 Å². The van der Waals surface area contributed by atoms with E-state index in [1.807, 2.05) is 43.7 Å². The van der Waals surface area contributed by atoms with Gasteiger partial charge in [0.2, 0.25) is 0 Å². The van der Waals surface area contributed by atoms with Crippen LogP contribution in [0.3, 0.4) is 0 Å². The molecule has 2 atom stereocenters. The first kappa shape index (κ1) is 17.4. The van der Waals surface area contributed by atoms with E-state index in [-0.39, 0.29) is 12.3 Å². The van der Waals surface area contributed by atoms with Crippen molar-refractivity contribution in [1.82, 2.24) is 14.5 Å². The van der Waals surface area contributed by atoms with E-state index < -0.39 is 11.7 Å². The molecule has 0 aromatic carbocycles. The van der Waals surface area contributed by atoms with E-state index in [9.17, 15) is 4.79 Å². The Balaban J connectivity index is 1.91. The lowest BCUT2D eigenvalue weighted by Crippen LogP contribution is -2.34. The van der Waals surface area contributed by atoms with Crippen molar-refractivity contribution in [2.45, 2.75) is 51.5 Å². The van der Waals surface area contributed by atoms with Gasteiger partial charge >= 0.3 is 6.09 Å². The lowest BCUT2D eigenvalue weighted by atomic mass is 10.2. The summed E-state index contributed by atoms with van der Waals surface area (Å²) in [5.41, 5.74) is 0.163. The molecule has 0 spiro atoms. The number of ether oxygens (including phenoxy) is 2. The standard InChI is InChI=1S/C18H24N4O3/c1-6-12-7-8-14(24-12)22-10-9-13-15(19-11-20-16(13)22)21(5)17(23)25-18(2,3)4/h6,9-12,14H,1,7-8H2,2-5H3. The molecule has 7 heteroatoms. The quantitative estimate of drug-likeness (QED) is 0.795. The van der Waals surface area contributed by atoms with Crippen LogP contribution in [0.5, 0.6) is 0 Å². The van der Waals surface area contributed by atoms with Crippen LogP contribution in [-0.2, 0) is 9.47 Å². The molecule has 1 saturated heterocycles. The van der Waals surface area contributed by atoms with E-state index in [1.165, 1.54) is 11.2 Å². The van der Waals surface area contributed by atoms with Gasteiger partial charge in [0, 0.05) is 13.2 Å². The van der Waals surface area contributed by atoms with Gasteiger partial charge in [-0.05, 0) is 39.7 Å². The summed E-state index contributed by atoms with van der Waals surface area (Å²) in [6, 6.07) is 1.90. The summed E-state index contributed by atoms with van der Waals surface area (Å²) in [5, 5.41) is 0.779. The van der Waals surface area contributed by atoms with Crippen molar-refractivity contribution in [3.8, 4) is 0 Å². The molecule has 2 unspecified atom stereocenters. The number of carbonyl (C=O) groups is 1. The van der Waals surface area contributed by atoms with E-state index >= 15 is 0 Å². The van der Waals surface area contributed by atoms with Crippen molar-refractivity contribution in [1.29, 1.82) is 0 Å². The van der Waals surface area contributed by atoms with E-state index in [1.54, 1.807) is 7.05 Å². The molecule has 7 nitrogen and oxygen atoms in total. The minimum Gasteiger partial charge on any atom is -0.443 e. The zero-order valence-electron chi connectivity index (χ0n) is 15.1. The molecule has 134 valence electrons. The second-order valence-corrected chi connectivity index (χ2v) is 7.14. The van der Waals surface area contributed by atoms with Gasteiger partial charge in [0.1, 0.15) is 23.8 Å². The first-order valence-electron chi connectivity index (χ1n) is 8.36. The van der Waals surface area contributed by atoms with Crippen LogP contribution in [-0.4, -0.2) is 39.4 Å². The monoisotopic (exact) mass is 344 g/mol. The van der Waals surface area contributed by atoms with Crippen molar-refractivity contribution in [3.63, 3.8) is 0 Å². The fourth-order valence-corrected chi connectivity index (χ4v) is 2.90. The number of nitrogens with zero attached hydrogens (tertiary/aromatic N) is 4. The van der Waals surface area contributed by atoms with E-state index in [0.717, 1.165) is 23.9 Å². The molecule has 3 heterocycles. The third-order valence-electron chi connectivity index (χ3n) is 4.08. The Kier molecular flexibility index (Phi) is 4.51. The second-order valence-electron chi connectivity index (χ2n) is 7.14. The highest BCUT2D eigenvalue weighted by Crippen LogP contribution is 2.33. The third kappa shape index (κ3) is 3.51. The van der Waals surface area contributed by atoms with Crippen LogP contribution in [0.4, 0.5) is 10.6 Å². The summed E-state index contributed by atoms with van der Waals surface area (Å²) in [6.07, 6.45) is 6.54. The molecular weight excluding hydrogens is 320 g/mol. The maximum absolute atomic E-state index is 12.3. The molecule has 1 aliphatic heterocycles. The predicted octanol–water partition coefficient (Wildman–Crippen LogP) is 3.67. The normalized spacial score (nSPS) is 20.6. The topological polar surface area (TPSA) is 69.5 Å². The molecule has 0 aliphatic carbocycles. The summed E-state index contributed by atoms with van der Waals surface area (Å²) in [6.45, 7) is 9.28. The second kappa shape index (κ2) is 6.48. The van der Waals surface area contributed by atoms with Crippen LogP contribution in [0.25, 0.3) is 11.0 Å². The Morgan fingerprint density at radius 2 is 2.20 bits per heavy atom. The van der Waals surface area contributed by atoms with Crippen molar-refractivity contribution >= 4 is 22.9 Å². The Hall–Kier alpha value is -2.41. The molecule has 1 fully saturated rings. The number of hydrogen-bond acceptors (Lipinski definition) is 5. The smallest absolute Gasteiger partial charge is 0.415 e. The van der Waals surface area contributed by atoms with Crippen molar-refractivity contribution in [2.75, 3.05) is 11.9 Å². The molecule has 3 rings (SSSR count). The zero-order valence-corrected chi connectivity index (χ0v) is 15.1. The van der Waals surface area contributed by atoms with Crippen molar-refractivity contribution in [3.05, 3.63) is 31.2 Å². The van der Waals surface area contributed by atoms with Gasteiger partial charge in [-0.3, -0.25) is 4.90 Å². The molecular formula is C18H24N4O3. The highest BCUT2D eigenvalue weighted by atomic mass is 16.6. The lowest BCUT2D eigenvalue weighted by Gasteiger charge is -2.24. The Morgan fingerprint density at radius 3 is 2.84 bits per heavy atom. The molecule has 1 amide bonds. The number of rotatable bonds is 3. The number of hydrogen-bond donors (Lipinski definition) is 0. The lowest BCUT2D eigenvalue weighted by molar-refractivity contribution is 0.0264. The molecule has 0 bridgehead atoms. The zero-order chi connectivity index (χ0) is 18.2. The predicted molar refractivity (Wildman–Crippen MR) is 95.5 cm³/mol. The van der Waals surface area contributed by atoms with Gasteiger partial charge in [0.25, 0.3) is 0 Å². The molecule has 2 aromatic heterocycles. The number of amides is 1. The van der Waals surface area contributed by atoms with Crippen LogP contribution in [0.2, 0.25) is 0 Å². The Morgan fingerprint density at radius 1 is 1.44 bits per heavy atom. The molecule has 2 aromatic rings. The van der Waals surface area contributed by atoms with Crippen LogP contribution >= 0.6 is 0 Å². The summed E-state index contributed by atoms with van der Waals surface area (Å²) < 4.78 is 13.4. The minimum atomic E-state index is -0.569. The number of anilines is 1. The van der Waals surface area contributed by atoms with E-state index in [2.05, 4.69) is 16.5 Å². The van der Waals surface area contributed by atoms with Gasteiger partial charge in [-0.15, -0.1) is 6.58 Å². The van der Waals surface area contributed by atoms with Crippen LogP contribution in [0, 0.1) is 0 Å². The van der Waals surface area contributed by atoms with Gasteiger partial charge in [0.15, 0.2) is 5.82 Å². The third-order valence-corrected chi connectivity index (χ3v) is 4.08. The summed E-state index contributed by atoms with van der Waals surface area (Å²) in [5.74, 6) is 0.510. The molecule has 1 aliphatic rings. The highest BCUT2D eigenvalue weighted by Gasteiger charge is 2.27. The summed E-state index contributed by atoms with van der Waals surface area (Å²) in [7, 11) is 1.65. The SMILES string of the molecule is C=CC1CCC(n2ccc3c(N(C)C(=O)OC(C)(C)C)ncnc32)O1. The number of carbonyl (C=O) groups excluding carboxylic acids is 1. The number of fused-ring (bicyclic) bond motifs is 1. The van der Waals surface area contributed by atoms with Crippen LogP contribution in [0.15, 0.2) is 31.2 Å². The van der Waals surface area contributed by atoms with Gasteiger partial charge in [-0.1, -0.05) is 6.08 Å². The average Bonchev–Trinajstić information content (AvgIpc) is 3.18. The van der Waals surface area contributed by atoms with Crippen molar-refractivity contribution < 1.29 is 14.3 Å². The van der Waals surface area contributed by atoms with Gasteiger partial charge < -0.3 is 14.0 Å². The minimum absolute atomic E-state index is 0.0631. The maximum atomic E-state index is 12.3. The number of aromatic nitrogens is 3. The molecule has 0 saturated carbocycles. The Bertz CT molecular complexity index is 793. The average molecular weight is 344 g/mol. The maximum Gasteiger partial charge on any atom is 0.415 e. The molecule has 0 radical (unpaired) electrons. The van der Waals surface area contributed by atoms with Gasteiger partial charge in [-0.25, -0.2) is 14.8 Å². The summed E-state index contributed by atoms with van der Waals surface area (Å²) >= 11 is 0. The van der Waals surface area contributed by atoms with Gasteiger partial charge in [0.05, 0.1) is 11.5 Å². The van der Waals surface area contributed by atoms with Gasteiger partial charge in [-0.2, -0.15) is 0 Å².